The standard InChI is InChI=1S/C17H24N4O3/c1-13-12-16(21-17(20-13)19-8-10-22-2)18-9-11-24-15-6-4-14(23-3)5-7-15/h4-7,12H,8-11H2,1-3H3,(H2,18,19,20,21). The monoisotopic (exact) mass is 332 g/mol. The van der Waals surface area contributed by atoms with E-state index in [4.69, 9.17) is 14.2 Å². The van der Waals surface area contributed by atoms with Crippen molar-refractivity contribution in [3.8, 4) is 11.5 Å². The normalized spacial score (nSPS) is 10.3. The van der Waals surface area contributed by atoms with Crippen molar-refractivity contribution in [1.29, 1.82) is 0 Å². The smallest absolute Gasteiger partial charge is 0.224 e. The Balaban J connectivity index is 1.78. The predicted octanol–water partition coefficient (Wildman–Crippen LogP) is 2.34. The number of nitrogens with one attached hydrogen (secondary N) is 2. The Morgan fingerprint density at radius 2 is 1.62 bits per heavy atom. The third kappa shape index (κ3) is 5.92. The molecule has 0 unspecified atom stereocenters. The van der Waals surface area contributed by atoms with Crippen molar-refractivity contribution in [2.24, 2.45) is 0 Å². The van der Waals surface area contributed by atoms with Gasteiger partial charge in [0, 0.05) is 25.4 Å². The van der Waals surface area contributed by atoms with Crippen molar-refractivity contribution in [2.45, 2.75) is 6.92 Å². The van der Waals surface area contributed by atoms with Gasteiger partial charge in [-0.3, -0.25) is 0 Å². The number of aryl methyl sites for hydroxylation is 1. The van der Waals surface area contributed by atoms with Crippen LogP contribution in [0.2, 0.25) is 0 Å². The van der Waals surface area contributed by atoms with Gasteiger partial charge in [-0.15, -0.1) is 0 Å². The van der Waals surface area contributed by atoms with Crippen LogP contribution in [0.3, 0.4) is 0 Å². The number of anilines is 2. The summed E-state index contributed by atoms with van der Waals surface area (Å²) in [4.78, 5) is 8.75. The van der Waals surface area contributed by atoms with Crippen LogP contribution in [-0.2, 0) is 4.74 Å². The average molecular weight is 332 g/mol. The molecule has 130 valence electrons. The van der Waals surface area contributed by atoms with E-state index in [-0.39, 0.29) is 0 Å². The summed E-state index contributed by atoms with van der Waals surface area (Å²) in [6.07, 6.45) is 0. The number of aromatic nitrogens is 2. The van der Waals surface area contributed by atoms with E-state index in [0.29, 0.717) is 32.3 Å². The Hall–Kier alpha value is -2.54. The molecule has 2 aromatic rings. The molecule has 0 radical (unpaired) electrons. The van der Waals surface area contributed by atoms with Crippen LogP contribution in [0.5, 0.6) is 11.5 Å². The highest BCUT2D eigenvalue weighted by Gasteiger charge is 2.02. The van der Waals surface area contributed by atoms with E-state index in [0.717, 1.165) is 23.0 Å². The Morgan fingerprint density at radius 3 is 2.33 bits per heavy atom. The summed E-state index contributed by atoms with van der Waals surface area (Å²) in [5, 5.41) is 6.36. The summed E-state index contributed by atoms with van der Waals surface area (Å²) in [7, 11) is 3.30. The van der Waals surface area contributed by atoms with Crippen LogP contribution >= 0.6 is 0 Å². The molecule has 7 nitrogen and oxygen atoms in total. The van der Waals surface area contributed by atoms with Crippen LogP contribution < -0.4 is 20.1 Å². The van der Waals surface area contributed by atoms with Gasteiger partial charge in [-0.05, 0) is 31.2 Å². The SMILES string of the molecule is COCCNc1nc(C)cc(NCCOc2ccc(OC)cc2)n1. The van der Waals surface area contributed by atoms with E-state index in [1.807, 2.05) is 37.3 Å². The van der Waals surface area contributed by atoms with Gasteiger partial charge in [-0.2, -0.15) is 4.98 Å². The first-order valence-corrected chi connectivity index (χ1v) is 7.80. The van der Waals surface area contributed by atoms with E-state index in [9.17, 15) is 0 Å². The van der Waals surface area contributed by atoms with Gasteiger partial charge in [0.05, 0.1) is 20.3 Å². The lowest BCUT2D eigenvalue weighted by Gasteiger charge is -2.11. The summed E-state index contributed by atoms with van der Waals surface area (Å²) in [6.45, 7) is 4.37. The van der Waals surface area contributed by atoms with Crippen molar-refractivity contribution in [1.82, 2.24) is 9.97 Å². The average Bonchev–Trinajstić information content (AvgIpc) is 2.59. The third-order valence-corrected chi connectivity index (χ3v) is 3.18. The molecule has 2 rings (SSSR count). The fourth-order valence-corrected chi connectivity index (χ4v) is 2.02. The molecule has 0 atom stereocenters. The fraction of sp³-hybridized carbons (Fsp3) is 0.412. The molecule has 1 aromatic carbocycles. The van der Waals surface area contributed by atoms with Gasteiger partial charge >= 0.3 is 0 Å². The molecule has 7 heteroatoms. The summed E-state index contributed by atoms with van der Waals surface area (Å²) >= 11 is 0. The van der Waals surface area contributed by atoms with Crippen molar-refractivity contribution in [2.75, 3.05) is 51.2 Å². The van der Waals surface area contributed by atoms with Crippen LogP contribution in [-0.4, -0.2) is 50.5 Å². The molecular formula is C17H24N4O3. The Labute approximate surface area is 142 Å². The molecule has 0 aliphatic carbocycles. The number of methoxy groups -OCH3 is 2. The first-order chi connectivity index (χ1) is 11.7. The highest BCUT2D eigenvalue weighted by atomic mass is 16.5. The zero-order valence-corrected chi connectivity index (χ0v) is 14.3. The second kappa shape index (κ2) is 9.57. The van der Waals surface area contributed by atoms with E-state index in [1.54, 1.807) is 14.2 Å². The molecule has 0 saturated heterocycles. The molecule has 0 amide bonds. The highest BCUT2D eigenvalue weighted by molar-refractivity contribution is 5.42. The number of ether oxygens (including phenoxy) is 3. The molecule has 0 fully saturated rings. The number of hydrogen-bond donors (Lipinski definition) is 2. The van der Waals surface area contributed by atoms with Crippen LogP contribution in [0.15, 0.2) is 30.3 Å². The van der Waals surface area contributed by atoms with E-state index >= 15 is 0 Å². The maximum absolute atomic E-state index is 5.67. The van der Waals surface area contributed by atoms with Crippen LogP contribution in [0, 0.1) is 6.92 Å². The van der Waals surface area contributed by atoms with E-state index in [2.05, 4.69) is 20.6 Å². The molecule has 1 aromatic heterocycles. The number of rotatable bonds is 10. The van der Waals surface area contributed by atoms with Gasteiger partial charge in [-0.25, -0.2) is 4.98 Å². The first kappa shape index (κ1) is 17.8. The fourth-order valence-electron chi connectivity index (χ4n) is 2.02. The Morgan fingerprint density at radius 1 is 0.917 bits per heavy atom. The highest BCUT2D eigenvalue weighted by Crippen LogP contribution is 2.17. The van der Waals surface area contributed by atoms with Gasteiger partial charge in [0.1, 0.15) is 23.9 Å². The van der Waals surface area contributed by atoms with Crippen molar-refractivity contribution >= 4 is 11.8 Å². The topological polar surface area (TPSA) is 77.5 Å². The Kier molecular flexibility index (Phi) is 7.10. The minimum absolute atomic E-state index is 0.530. The summed E-state index contributed by atoms with van der Waals surface area (Å²) in [5.41, 5.74) is 0.892. The van der Waals surface area contributed by atoms with Gasteiger partial charge in [0.15, 0.2) is 0 Å². The van der Waals surface area contributed by atoms with Crippen molar-refractivity contribution < 1.29 is 14.2 Å². The number of benzene rings is 1. The second-order valence-corrected chi connectivity index (χ2v) is 5.09. The van der Waals surface area contributed by atoms with Gasteiger partial charge < -0.3 is 24.8 Å². The molecule has 2 N–H and O–H groups in total. The Bertz CT molecular complexity index is 620. The van der Waals surface area contributed by atoms with Crippen LogP contribution in [0.1, 0.15) is 5.69 Å². The number of nitrogens with zero attached hydrogens (tertiary/aromatic N) is 2. The molecule has 0 aliphatic rings. The van der Waals surface area contributed by atoms with E-state index < -0.39 is 0 Å². The summed E-state index contributed by atoms with van der Waals surface area (Å²) in [5.74, 6) is 2.97. The largest absolute Gasteiger partial charge is 0.497 e. The third-order valence-electron chi connectivity index (χ3n) is 3.18. The molecule has 1 heterocycles. The second-order valence-electron chi connectivity index (χ2n) is 5.09. The minimum atomic E-state index is 0.530. The lowest BCUT2D eigenvalue weighted by Crippen LogP contribution is -2.15. The molecule has 0 aliphatic heterocycles. The lowest BCUT2D eigenvalue weighted by molar-refractivity contribution is 0.210. The van der Waals surface area contributed by atoms with Gasteiger partial charge in [-0.1, -0.05) is 0 Å². The lowest BCUT2D eigenvalue weighted by atomic mass is 10.3. The van der Waals surface area contributed by atoms with Crippen molar-refractivity contribution in [3.05, 3.63) is 36.0 Å². The van der Waals surface area contributed by atoms with Crippen LogP contribution in [0.25, 0.3) is 0 Å². The van der Waals surface area contributed by atoms with Crippen molar-refractivity contribution in [3.63, 3.8) is 0 Å². The molecule has 0 saturated carbocycles. The minimum Gasteiger partial charge on any atom is -0.497 e. The molecule has 24 heavy (non-hydrogen) atoms. The maximum Gasteiger partial charge on any atom is 0.224 e. The van der Waals surface area contributed by atoms with Gasteiger partial charge in [0.2, 0.25) is 5.95 Å². The molecule has 0 spiro atoms. The van der Waals surface area contributed by atoms with E-state index in [1.165, 1.54) is 0 Å². The zero-order chi connectivity index (χ0) is 17.2. The summed E-state index contributed by atoms with van der Waals surface area (Å²) < 4.78 is 15.8. The zero-order valence-electron chi connectivity index (χ0n) is 14.3. The first-order valence-electron chi connectivity index (χ1n) is 7.80. The molecular weight excluding hydrogens is 308 g/mol. The predicted molar refractivity (Wildman–Crippen MR) is 94.1 cm³/mol. The summed E-state index contributed by atoms with van der Waals surface area (Å²) in [6, 6.07) is 9.40. The number of hydrogen-bond acceptors (Lipinski definition) is 7. The maximum atomic E-state index is 5.67. The molecule has 0 bridgehead atoms. The van der Waals surface area contributed by atoms with Gasteiger partial charge in [0.25, 0.3) is 0 Å². The quantitative estimate of drug-likeness (QED) is 0.647. The van der Waals surface area contributed by atoms with Crippen LogP contribution in [0.4, 0.5) is 11.8 Å².